The smallest absolute Gasteiger partial charge is 0.108 e. The maximum atomic E-state index is 10.3. The van der Waals surface area contributed by atoms with Crippen LogP contribution >= 0.6 is 0 Å². The third kappa shape index (κ3) is 3.84. The summed E-state index contributed by atoms with van der Waals surface area (Å²) < 4.78 is 2.02. The van der Waals surface area contributed by atoms with Crippen molar-refractivity contribution in [1.29, 1.82) is 0 Å². The molecule has 0 spiro atoms. The van der Waals surface area contributed by atoms with Gasteiger partial charge in [-0.05, 0) is 24.2 Å². The highest BCUT2D eigenvalue weighted by Gasteiger charge is 2.25. The van der Waals surface area contributed by atoms with E-state index in [2.05, 4.69) is 32.7 Å². The molecule has 1 aromatic heterocycles. The zero-order chi connectivity index (χ0) is 13.0. The van der Waals surface area contributed by atoms with E-state index in [1.54, 1.807) is 0 Å². The van der Waals surface area contributed by atoms with Gasteiger partial charge >= 0.3 is 0 Å². The molecule has 98 valence electrons. The van der Waals surface area contributed by atoms with Gasteiger partial charge in [-0.25, -0.2) is 4.98 Å². The van der Waals surface area contributed by atoms with Crippen molar-refractivity contribution < 1.29 is 5.11 Å². The van der Waals surface area contributed by atoms with E-state index in [4.69, 9.17) is 0 Å². The van der Waals surface area contributed by atoms with Crippen molar-refractivity contribution in [2.45, 2.75) is 46.6 Å². The molecule has 1 aromatic rings. The monoisotopic (exact) mass is 238 g/mol. The molecule has 1 heterocycles. The summed E-state index contributed by atoms with van der Waals surface area (Å²) in [5.41, 5.74) is 0. The summed E-state index contributed by atoms with van der Waals surface area (Å²) in [7, 11) is 2.00. The molecule has 0 amide bonds. The summed E-state index contributed by atoms with van der Waals surface area (Å²) in [4.78, 5) is 4.29. The van der Waals surface area contributed by atoms with Crippen LogP contribution in [0.15, 0.2) is 12.4 Å². The lowest BCUT2D eigenvalue weighted by Crippen LogP contribution is -2.30. The van der Waals surface area contributed by atoms with E-state index in [-0.39, 0.29) is 6.10 Å². The first-order chi connectivity index (χ1) is 7.93. The minimum Gasteiger partial charge on any atom is -0.393 e. The van der Waals surface area contributed by atoms with Crippen molar-refractivity contribution in [3.8, 4) is 0 Å². The second kappa shape index (κ2) is 6.20. The van der Waals surface area contributed by atoms with Crippen LogP contribution < -0.4 is 0 Å². The number of aliphatic hydroxyl groups is 1. The fourth-order valence-electron chi connectivity index (χ4n) is 2.77. The van der Waals surface area contributed by atoms with Crippen LogP contribution in [0, 0.1) is 17.8 Å². The normalized spacial score (nSPS) is 13.9. The summed E-state index contributed by atoms with van der Waals surface area (Å²) in [6.07, 6.45) is 5.17. The number of rotatable bonds is 6. The molecular weight excluding hydrogens is 212 g/mol. The molecule has 1 atom stereocenters. The Morgan fingerprint density at radius 2 is 1.82 bits per heavy atom. The van der Waals surface area contributed by atoms with Gasteiger partial charge in [0.15, 0.2) is 0 Å². The van der Waals surface area contributed by atoms with Gasteiger partial charge in [-0.2, -0.15) is 0 Å². The Bertz CT molecular complexity index is 323. The lowest BCUT2D eigenvalue weighted by atomic mass is 9.80. The molecule has 0 radical (unpaired) electrons. The van der Waals surface area contributed by atoms with Gasteiger partial charge in [0, 0.05) is 25.9 Å². The van der Waals surface area contributed by atoms with E-state index < -0.39 is 0 Å². The third-order valence-electron chi connectivity index (χ3n) is 3.57. The Morgan fingerprint density at radius 1 is 1.24 bits per heavy atom. The van der Waals surface area contributed by atoms with Crippen LogP contribution in [0.5, 0.6) is 0 Å². The minimum atomic E-state index is -0.230. The zero-order valence-electron chi connectivity index (χ0n) is 11.7. The van der Waals surface area contributed by atoms with Crippen molar-refractivity contribution in [2.24, 2.45) is 24.8 Å². The number of hydrogen-bond donors (Lipinski definition) is 1. The van der Waals surface area contributed by atoms with Crippen molar-refractivity contribution in [1.82, 2.24) is 9.55 Å². The number of imidazole rings is 1. The molecule has 3 nitrogen and oxygen atoms in total. The summed E-state index contributed by atoms with van der Waals surface area (Å²) in [5.74, 6) is 2.46. The van der Waals surface area contributed by atoms with E-state index in [0.717, 1.165) is 18.7 Å². The maximum Gasteiger partial charge on any atom is 0.108 e. The highest BCUT2D eigenvalue weighted by Crippen LogP contribution is 2.26. The molecule has 0 aliphatic carbocycles. The Labute approximate surface area is 105 Å². The number of aliphatic hydroxyl groups excluding tert-OH is 1. The van der Waals surface area contributed by atoms with E-state index >= 15 is 0 Å². The largest absolute Gasteiger partial charge is 0.393 e. The van der Waals surface area contributed by atoms with Crippen LogP contribution in [-0.2, 0) is 13.5 Å². The lowest BCUT2D eigenvalue weighted by molar-refractivity contribution is 0.0465. The van der Waals surface area contributed by atoms with Gasteiger partial charge in [-0.3, -0.25) is 0 Å². The van der Waals surface area contributed by atoms with Crippen LogP contribution in [0.3, 0.4) is 0 Å². The molecule has 0 saturated heterocycles. The molecule has 0 aromatic carbocycles. The third-order valence-corrected chi connectivity index (χ3v) is 3.57. The molecular formula is C14H26N2O. The summed E-state index contributed by atoms with van der Waals surface area (Å²) in [6, 6.07) is 0. The first-order valence-electron chi connectivity index (χ1n) is 6.57. The van der Waals surface area contributed by atoms with Gasteiger partial charge in [0.05, 0.1) is 6.10 Å². The first-order valence-corrected chi connectivity index (χ1v) is 6.57. The van der Waals surface area contributed by atoms with Crippen LogP contribution in [0.2, 0.25) is 0 Å². The summed E-state index contributed by atoms with van der Waals surface area (Å²) in [5, 5.41) is 10.3. The van der Waals surface area contributed by atoms with Crippen molar-refractivity contribution in [2.75, 3.05) is 0 Å². The molecule has 1 rings (SSSR count). The van der Waals surface area contributed by atoms with Crippen molar-refractivity contribution in [3.05, 3.63) is 18.2 Å². The molecule has 0 saturated carbocycles. The Hall–Kier alpha value is -0.830. The summed E-state index contributed by atoms with van der Waals surface area (Å²) >= 11 is 0. The highest BCUT2D eigenvalue weighted by atomic mass is 16.3. The van der Waals surface area contributed by atoms with Gasteiger partial charge in [0.25, 0.3) is 0 Å². The number of aryl methyl sites for hydroxylation is 2. The van der Waals surface area contributed by atoms with Crippen LogP contribution in [-0.4, -0.2) is 20.8 Å². The topological polar surface area (TPSA) is 38.1 Å². The predicted octanol–water partition coefficient (Wildman–Crippen LogP) is 2.64. The Kier molecular flexibility index (Phi) is 5.19. The van der Waals surface area contributed by atoms with Crippen molar-refractivity contribution >= 4 is 0 Å². The van der Waals surface area contributed by atoms with E-state index in [1.807, 2.05) is 24.0 Å². The molecule has 0 aliphatic heterocycles. The van der Waals surface area contributed by atoms with Gasteiger partial charge in [-0.1, -0.05) is 27.7 Å². The van der Waals surface area contributed by atoms with Gasteiger partial charge in [0.2, 0.25) is 0 Å². The second-order valence-corrected chi connectivity index (χ2v) is 5.63. The lowest BCUT2D eigenvalue weighted by Gasteiger charge is -2.29. The van der Waals surface area contributed by atoms with Crippen molar-refractivity contribution in [3.63, 3.8) is 0 Å². The number of aromatic nitrogens is 2. The Balaban J connectivity index is 2.53. The molecule has 1 unspecified atom stereocenters. The van der Waals surface area contributed by atoms with Crippen LogP contribution in [0.1, 0.15) is 39.9 Å². The molecule has 1 N–H and O–H groups in total. The van der Waals surface area contributed by atoms with Gasteiger partial charge < -0.3 is 9.67 Å². The van der Waals surface area contributed by atoms with Gasteiger partial charge in [-0.15, -0.1) is 0 Å². The maximum absolute atomic E-state index is 10.3. The highest BCUT2D eigenvalue weighted by molar-refractivity contribution is 4.92. The fraction of sp³-hybridized carbons (Fsp3) is 0.786. The zero-order valence-corrected chi connectivity index (χ0v) is 11.7. The Morgan fingerprint density at radius 3 is 2.24 bits per heavy atom. The average molecular weight is 238 g/mol. The molecule has 0 bridgehead atoms. The van der Waals surface area contributed by atoms with E-state index in [1.165, 1.54) is 0 Å². The number of hydrogen-bond acceptors (Lipinski definition) is 2. The standard InChI is InChI=1S/C14H26N2O/c1-10(2)14(11(3)4)12(17)6-7-13-15-8-9-16(13)5/h8-12,14,17H,6-7H2,1-5H3. The van der Waals surface area contributed by atoms with Crippen LogP contribution in [0.4, 0.5) is 0 Å². The fourth-order valence-corrected chi connectivity index (χ4v) is 2.77. The molecule has 17 heavy (non-hydrogen) atoms. The second-order valence-electron chi connectivity index (χ2n) is 5.63. The SMILES string of the molecule is CC(C)C(C(C)C)C(O)CCc1nccn1C. The van der Waals surface area contributed by atoms with Crippen LogP contribution in [0.25, 0.3) is 0 Å². The number of nitrogens with zero attached hydrogens (tertiary/aromatic N) is 2. The van der Waals surface area contributed by atoms with E-state index in [9.17, 15) is 5.11 Å². The summed E-state index contributed by atoms with van der Waals surface area (Å²) in [6.45, 7) is 8.76. The quantitative estimate of drug-likeness (QED) is 0.827. The minimum absolute atomic E-state index is 0.230. The van der Waals surface area contributed by atoms with E-state index in [0.29, 0.717) is 17.8 Å². The average Bonchev–Trinajstić information content (AvgIpc) is 2.59. The molecule has 0 fully saturated rings. The predicted molar refractivity (Wildman–Crippen MR) is 70.7 cm³/mol. The first kappa shape index (κ1) is 14.2. The molecule has 0 aliphatic rings. The van der Waals surface area contributed by atoms with Gasteiger partial charge in [0.1, 0.15) is 5.82 Å². The molecule has 3 heteroatoms.